The molecular formula is C7H3F3N4O3. The molecular weight excluding hydrogens is 245 g/mol. The summed E-state index contributed by atoms with van der Waals surface area (Å²) in [4.78, 5) is 11.8. The highest BCUT2D eigenvalue weighted by Crippen LogP contribution is 2.34. The molecule has 1 aromatic carbocycles. The number of hydrogen-bond donors (Lipinski definition) is 0. The van der Waals surface area contributed by atoms with Gasteiger partial charge in [0.15, 0.2) is 0 Å². The lowest BCUT2D eigenvalue weighted by molar-refractivity contribution is -0.388. The van der Waals surface area contributed by atoms with Crippen molar-refractivity contribution in [2.75, 3.05) is 0 Å². The Morgan fingerprint density at radius 3 is 2.59 bits per heavy atom. The number of nitro benzene ring substituents is 1. The molecule has 0 heterocycles. The second-order valence-corrected chi connectivity index (χ2v) is 2.65. The van der Waals surface area contributed by atoms with Crippen LogP contribution in [0, 0.1) is 10.1 Å². The lowest BCUT2D eigenvalue weighted by Gasteiger charge is -2.08. The Morgan fingerprint density at radius 1 is 1.47 bits per heavy atom. The monoisotopic (exact) mass is 248 g/mol. The Morgan fingerprint density at radius 2 is 2.12 bits per heavy atom. The van der Waals surface area contributed by atoms with Crippen LogP contribution in [0.4, 0.5) is 24.5 Å². The molecule has 0 amide bonds. The molecule has 0 aromatic heterocycles. The predicted octanol–water partition coefficient (Wildman–Crippen LogP) is 3.44. The number of halogens is 3. The van der Waals surface area contributed by atoms with Crippen molar-refractivity contribution in [3.05, 3.63) is 38.8 Å². The van der Waals surface area contributed by atoms with E-state index in [1.54, 1.807) is 0 Å². The normalized spacial score (nSPS) is 10.5. The third-order valence-corrected chi connectivity index (χ3v) is 1.53. The fourth-order valence-electron chi connectivity index (χ4n) is 0.973. The molecule has 0 N–H and O–H groups in total. The van der Waals surface area contributed by atoms with Gasteiger partial charge in [-0.1, -0.05) is 5.11 Å². The number of azide groups is 1. The van der Waals surface area contributed by atoms with Crippen molar-refractivity contribution in [1.82, 2.24) is 0 Å². The molecule has 90 valence electrons. The molecule has 0 spiro atoms. The molecule has 0 fully saturated rings. The van der Waals surface area contributed by atoms with Gasteiger partial charge in [-0.15, -0.1) is 13.2 Å². The Labute approximate surface area is 91.2 Å². The molecule has 1 rings (SSSR count). The van der Waals surface area contributed by atoms with E-state index in [9.17, 15) is 23.3 Å². The number of rotatable bonds is 3. The van der Waals surface area contributed by atoms with Gasteiger partial charge in [-0.3, -0.25) is 10.1 Å². The van der Waals surface area contributed by atoms with Gasteiger partial charge >= 0.3 is 12.0 Å². The third-order valence-electron chi connectivity index (χ3n) is 1.53. The zero-order valence-electron chi connectivity index (χ0n) is 7.88. The topological polar surface area (TPSA) is 101 Å². The largest absolute Gasteiger partial charge is 0.573 e. The summed E-state index contributed by atoms with van der Waals surface area (Å²) < 4.78 is 39.2. The maximum absolute atomic E-state index is 11.9. The summed E-state index contributed by atoms with van der Waals surface area (Å²) in [5.41, 5.74) is 6.96. The van der Waals surface area contributed by atoms with Gasteiger partial charge in [0.05, 0.1) is 4.92 Å². The van der Waals surface area contributed by atoms with Crippen LogP contribution in [0.15, 0.2) is 23.3 Å². The van der Waals surface area contributed by atoms with E-state index in [2.05, 4.69) is 14.8 Å². The minimum atomic E-state index is -5.04. The Bertz CT molecular complexity index is 496. The summed E-state index contributed by atoms with van der Waals surface area (Å²) in [6.45, 7) is 0. The van der Waals surface area contributed by atoms with Crippen LogP contribution in [0.1, 0.15) is 0 Å². The Balaban J connectivity index is 3.22. The van der Waals surface area contributed by atoms with Crippen LogP contribution in [-0.4, -0.2) is 11.3 Å². The van der Waals surface area contributed by atoms with E-state index in [1.807, 2.05) is 0 Å². The molecule has 0 radical (unpaired) electrons. The zero-order valence-corrected chi connectivity index (χ0v) is 7.88. The van der Waals surface area contributed by atoms with Crippen LogP contribution in [0.5, 0.6) is 5.75 Å². The van der Waals surface area contributed by atoms with Crippen LogP contribution in [0.3, 0.4) is 0 Å². The molecule has 7 nitrogen and oxygen atoms in total. The Kier molecular flexibility index (Phi) is 3.39. The first kappa shape index (κ1) is 12.6. The van der Waals surface area contributed by atoms with Gasteiger partial charge in [-0.25, -0.2) is 0 Å². The van der Waals surface area contributed by atoms with Crippen molar-refractivity contribution in [2.45, 2.75) is 6.36 Å². The van der Waals surface area contributed by atoms with Gasteiger partial charge in [-0.2, -0.15) is 0 Å². The van der Waals surface area contributed by atoms with E-state index in [0.717, 1.165) is 6.07 Å². The molecule has 0 atom stereocenters. The van der Waals surface area contributed by atoms with Gasteiger partial charge in [0, 0.05) is 16.7 Å². The van der Waals surface area contributed by atoms with Crippen molar-refractivity contribution in [1.29, 1.82) is 0 Å². The minimum absolute atomic E-state index is 0.186. The maximum Gasteiger partial charge on any atom is 0.573 e. The SMILES string of the molecule is [N-]=[N+]=Nc1ccc(OC(F)(F)F)c([N+](=O)[O-])c1. The van der Waals surface area contributed by atoms with Gasteiger partial charge in [-0.05, 0) is 17.7 Å². The highest BCUT2D eigenvalue weighted by molar-refractivity contribution is 5.55. The van der Waals surface area contributed by atoms with Crippen LogP contribution in [0.2, 0.25) is 0 Å². The number of hydrogen-bond acceptors (Lipinski definition) is 4. The van der Waals surface area contributed by atoms with Crippen LogP contribution < -0.4 is 4.74 Å². The van der Waals surface area contributed by atoms with Gasteiger partial charge < -0.3 is 4.74 Å². The Hall–Kier alpha value is -2.48. The van der Waals surface area contributed by atoms with Crippen molar-refractivity contribution in [3.63, 3.8) is 0 Å². The summed E-state index contributed by atoms with van der Waals surface area (Å²) in [7, 11) is 0. The third kappa shape index (κ3) is 3.54. The highest BCUT2D eigenvalue weighted by atomic mass is 19.4. The first-order valence-electron chi connectivity index (χ1n) is 3.93. The molecule has 17 heavy (non-hydrogen) atoms. The lowest BCUT2D eigenvalue weighted by atomic mass is 10.2. The summed E-state index contributed by atoms with van der Waals surface area (Å²) >= 11 is 0. The summed E-state index contributed by atoms with van der Waals surface area (Å²) in [6, 6.07) is 2.35. The van der Waals surface area contributed by atoms with Gasteiger partial charge in [0.1, 0.15) is 0 Å². The molecule has 0 aliphatic heterocycles. The maximum atomic E-state index is 11.9. The molecule has 0 saturated carbocycles. The smallest absolute Gasteiger partial charge is 0.398 e. The highest BCUT2D eigenvalue weighted by Gasteiger charge is 2.34. The zero-order chi connectivity index (χ0) is 13.1. The van der Waals surface area contributed by atoms with E-state index in [0.29, 0.717) is 12.1 Å². The van der Waals surface area contributed by atoms with E-state index >= 15 is 0 Å². The average Bonchev–Trinajstić information content (AvgIpc) is 2.18. The fraction of sp³-hybridized carbons (Fsp3) is 0.143. The standard InChI is InChI=1S/C7H3F3N4O3/c8-7(9,10)17-6-2-1-4(12-13-11)3-5(6)14(15)16/h1-3H. The molecule has 10 heteroatoms. The number of benzene rings is 1. The van der Waals surface area contributed by atoms with E-state index in [1.165, 1.54) is 0 Å². The number of nitro groups is 1. The lowest BCUT2D eigenvalue weighted by Crippen LogP contribution is -2.17. The number of alkyl halides is 3. The molecule has 0 aliphatic carbocycles. The van der Waals surface area contributed by atoms with E-state index < -0.39 is 22.7 Å². The van der Waals surface area contributed by atoms with Crippen molar-refractivity contribution in [2.24, 2.45) is 5.11 Å². The van der Waals surface area contributed by atoms with Crippen molar-refractivity contribution >= 4 is 11.4 Å². The molecule has 0 unspecified atom stereocenters. The van der Waals surface area contributed by atoms with Crippen molar-refractivity contribution < 1.29 is 22.8 Å². The number of ether oxygens (including phenoxy) is 1. The molecule has 0 aliphatic rings. The van der Waals surface area contributed by atoms with Crippen LogP contribution in [-0.2, 0) is 0 Å². The second-order valence-electron chi connectivity index (χ2n) is 2.65. The van der Waals surface area contributed by atoms with E-state index in [4.69, 9.17) is 5.53 Å². The summed E-state index contributed by atoms with van der Waals surface area (Å²) in [5, 5.41) is 13.5. The van der Waals surface area contributed by atoms with Gasteiger partial charge in [0.2, 0.25) is 5.75 Å². The number of nitrogens with zero attached hydrogens (tertiary/aromatic N) is 4. The van der Waals surface area contributed by atoms with Crippen LogP contribution >= 0.6 is 0 Å². The van der Waals surface area contributed by atoms with E-state index in [-0.39, 0.29) is 5.69 Å². The first-order chi connectivity index (χ1) is 7.83. The summed E-state index contributed by atoms with van der Waals surface area (Å²) in [6.07, 6.45) is -5.04. The fourth-order valence-corrected chi connectivity index (χ4v) is 0.973. The molecule has 0 saturated heterocycles. The summed E-state index contributed by atoms with van der Waals surface area (Å²) in [5.74, 6) is -0.973. The quantitative estimate of drug-likeness (QED) is 0.269. The average molecular weight is 248 g/mol. The predicted molar refractivity (Wildman–Crippen MR) is 48.6 cm³/mol. The van der Waals surface area contributed by atoms with Crippen LogP contribution in [0.25, 0.3) is 10.4 Å². The minimum Gasteiger partial charge on any atom is -0.398 e. The molecule has 1 aromatic rings. The first-order valence-corrected chi connectivity index (χ1v) is 3.93. The second kappa shape index (κ2) is 4.58. The van der Waals surface area contributed by atoms with Crippen molar-refractivity contribution in [3.8, 4) is 5.75 Å². The molecule has 0 bridgehead atoms. The van der Waals surface area contributed by atoms with Gasteiger partial charge in [0.25, 0.3) is 0 Å².